The molecule has 0 spiro atoms. The van der Waals surface area contributed by atoms with Gasteiger partial charge in [0.1, 0.15) is 9.96 Å². The van der Waals surface area contributed by atoms with E-state index in [1.807, 2.05) is 6.07 Å². The maximum atomic E-state index is 12.5. The van der Waals surface area contributed by atoms with E-state index in [-0.39, 0.29) is 0 Å². The summed E-state index contributed by atoms with van der Waals surface area (Å²) in [6, 6.07) is 7.45. The Labute approximate surface area is 147 Å². The number of sulfonamides is 1. The molecule has 0 saturated carbocycles. The van der Waals surface area contributed by atoms with Crippen molar-refractivity contribution in [2.75, 3.05) is 25.9 Å². The number of thiophene rings is 1. The minimum Gasteiger partial charge on any atom is -0.496 e. The van der Waals surface area contributed by atoms with E-state index in [1.54, 1.807) is 30.7 Å². The molecule has 0 unspecified atom stereocenters. The van der Waals surface area contributed by atoms with Crippen LogP contribution in [0.25, 0.3) is 0 Å². The highest BCUT2D eigenvalue weighted by molar-refractivity contribution is 7.94. The molecule has 0 bridgehead atoms. The molecule has 1 aromatic carbocycles. The lowest BCUT2D eigenvalue weighted by Gasteiger charge is -2.32. The first-order chi connectivity index (χ1) is 11.4. The van der Waals surface area contributed by atoms with E-state index in [2.05, 4.69) is 23.7 Å². The molecule has 0 fully saturated rings. The van der Waals surface area contributed by atoms with Crippen LogP contribution in [0.2, 0.25) is 0 Å². The topological polar surface area (TPSA) is 58.6 Å². The molecule has 0 saturated heterocycles. The summed E-state index contributed by atoms with van der Waals surface area (Å²) in [7, 11) is 2.27. The van der Waals surface area contributed by atoms with Gasteiger partial charge in [-0.15, -0.1) is 11.3 Å². The molecule has 5 nitrogen and oxygen atoms in total. The fourth-order valence-corrected chi connectivity index (χ4v) is 5.25. The molecule has 0 radical (unpaired) electrons. The van der Waals surface area contributed by atoms with Crippen molar-refractivity contribution in [2.24, 2.45) is 0 Å². The lowest BCUT2D eigenvalue weighted by molar-refractivity contribution is 0.265. The van der Waals surface area contributed by atoms with Gasteiger partial charge in [0.05, 0.1) is 12.8 Å². The molecule has 1 aliphatic carbocycles. The predicted octanol–water partition coefficient (Wildman–Crippen LogP) is 2.98. The van der Waals surface area contributed by atoms with Crippen LogP contribution in [0.4, 0.5) is 5.69 Å². The smallest absolute Gasteiger partial charge is 0.271 e. The van der Waals surface area contributed by atoms with Gasteiger partial charge < -0.3 is 9.64 Å². The number of nitrogens with one attached hydrogen (secondary N) is 1. The van der Waals surface area contributed by atoms with E-state index in [0.29, 0.717) is 15.9 Å². The average Bonchev–Trinajstić information content (AvgIpc) is 3.10. The summed E-state index contributed by atoms with van der Waals surface area (Å²) < 4.78 is 33.7. The minimum absolute atomic E-state index is 0.328. The van der Waals surface area contributed by atoms with Crippen LogP contribution in [0.15, 0.2) is 33.9 Å². The zero-order chi connectivity index (χ0) is 17.3. The summed E-state index contributed by atoms with van der Waals surface area (Å²) in [5.41, 5.74) is 2.82. The number of ether oxygens (including phenoxy) is 1. The second kappa shape index (κ2) is 6.74. The van der Waals surface area contributed by atoms with Gasteiger partial charge in [-0.1, -0.05) is 6.07 Å². The minimum atomic E-state index is -3.54. The van der Waals surface area contributed by atoms with Crippen molar-refractivity contribution >= 4 is 27.0 Å². The SMILES string of the molecule is COc1ccc(NS(=O)(=O)c2cccs2)c2c1C[C@@H](N(C)C)CC2. The molecule has 1 aliphatic rings. The van der Waals surface area contributed by atoms with Crippen molar-refractivity contribution < 1.29 is 13.2 Å². The van der Waals surface area contributed by atoms with Crippen molar-refractivity contribution in [1.29, 1.82) is 0 Å². The number of likely N-dealkylation sites (N-methyl/N-ethyl adjacent to an activating group) is 1. The highest BCUT2D eigenvalue weighted by Gasteiger charge is 2.27. The van der Waals surface area contributed by atoms with Gasteiger partial charge in [-0.3, -0.25) is 4.72 Å². The Kier molecular flexibility index (Phi) is 4.85. The number of hydrogen-bond donors (Lipinski definition) is 1. The molecule has 1 N–H and O–H groups in total. The zero-order valence-corrected chi connectivity index (χ0v) is 15.7. The molecule has 1 atom stereocenters. The number of rotatable bonds is 5. The van der Waals surface area contributed by atoms with Crippen LogP contribution in [0.1, 0.15) is 17.5 Å². The maximum absolute atomic E-state index is 12.5. The van der Waals surface area contributed by atoms with Gasteiger partial charge in [-0.25, -0.2) is 8.42 Å². The van der Waals surface area contributed by atoms with E-state index in [0.717, 1.165) is 36.1 Å². The van der Waals surface area contributed by atoms with Gasteiger partial charge in [0.25, 0.3) is 10.0 Å². The number of fused-ring (bicyclic) bond motifs is 1. The van der Waals surface area contributed by atoms with Gasteiger partial charge in [0.15, 0.2) is 0 Å². The molecule has 0 aliphatic heterocycles. The second-order valence-electron chi connectivity index (χ2n) is 6.17. The van der Waals surface area contributed by atoms with Gasteiger partial charge in [-0.2, -0.15) is 0 Å². The summed E-state index contributed by atoms with van der Waals surface area (Å²) >= 11 is 1.22. The standard InChI is InChI=1S/C17H22N2O3S2/c1-19(2)12-6-7-13-14(11-12)16(22-3)9-8-15(13)18-24(20,21)17-5-4-10-23-17/h4-5,8-10,12,18H,6-7,11H2,1-3H3/t12-/m0/s1. The van der Waals surface area contributed by atoms with E-state index in [9.17, 15) is 8.42 Å². The van der Waals surface area contributed by atoms with Crippen LogP contribution in [0, 0.1) is 0 Å². The van der Waals surface area contributed by atoms with Crippen LogP contribution >= 0.6 is 11.3 Å². The highest BCUT2D eigenvalue weighted by Crippen LogP contribution is 2.36. The molecular weight excluding hydrogens is 344 g/mol. The Bertz CT molecular complexity index is 815. The normalized spacial score (nSPS) is 17.6. The monoisotopic (exact) mass is 366 g/mol. The lowest BCUT2D eigenvalue weighted by atomic mass is 9.86. The number of anilines is 1. The van der Waals surface area contributed by atoms with Crippen LogP contribution in [-0.4, -0.2) is 40.6 Å². The summed E-state index contributed by atoms with van der Waals surface area (Å²) in [5, 5.41) is 1.76. The molecular formula is C17H22N2O3S2. The van der Waals surface area contributed by atoms with Crippen LogP contribution in [-0.2, 0) is 22.9 Å². The van der Waals surface area contributed by atoms with E-state index in [1.165, 1.54) is 11.3 Å². The Balaban J connectivity index is 1.98. The van der Waals surface area contributed by atoms with Crippen molar-refractivity contribution in [1.82, 2.24) is 4.90 Å². The fourth-order valence-electron chi connectivity index (χ4n) is 3.17. The molecule has 24 heavy (non-hydrogen) atoms. The Morgan fingerprint density at radius 1 is 1.25 bits per heavy atom. The molecule has 7 heteroatoms. The van der Waals surface area contributed by atoms with Crippen molar-refractivity contribution in [3.05, 3.63) is 40.8 Å². The molecule has 1 heterocycles. The number of hydrogen-bond acceptors (Lipinski definition) is 5. The van der Waals surface area contributed by atoms with Gasteiger partial charge in [0.2, 0.25) is 0 Å². The van der Waals surface area contributed by atoms with E-state index >= 15 is 0 Å². The van der Waals surface area contributed by atoms with E-state index < -0.39 is 10.0 Å². The van der Waals surface area contributed by atoms with Crippen LogP contribution in [0.5, 0.6) is 5.75 Å². The van der Waals surface area contributed by atoms with Crippen LogP contribution in [0.3, 0.4) is 0 Å². The van der Waals surface area contributed by atoms with Crippen molar-refractivity contribution in [3.63, 3.8) is 0 Å². The van der Waals surface area contributed by atoms with Crippen molar-refractivity contribution in [3.8, 4) is 5.75 Å². The zero-order valence-electron chi connectivity index (χ0n) is 14.1. The first-order valence-corrected chi connectivity index (χ1v) is 10.2. The second-order valence-corrected chi connectivity index (χ2v) is 9.03. The summed E-state index contributed by atoms with van der Waals surface area (Å²) in [6.45, 7) is 0. The Hall–Kier alpha value is -1.57. The fraction of sp³-hybridized carbons (Fsp3) is 0.412. The molecule has 2 aromatic rings. The molecule has 130 valence electrons. The maximum Gasteiger partial charge on any atom is 0.271 e. The molecule has 3 rings (SSSR count). The molecule has 1 aromatic heterocycles. The summed E-state index contributed by atoms with van der Waals surface area (Å²) in [5.74, 6) is 0.829. The third-order valence-electron chi connectivity index (χ3n) is 4.51. The van der Waals surface area contributed by atoms with Gasteiger partial charge in [-0.05, 0) is 62.5 Å². The third-order valence-corrected chi connectivity index (χ3v) is 7.27. The number of methoxy groups -OCH3 is 1. The highest BCUT2D eigenvalue weighted by atomic mass is 32.2. The third kappa shape index (κ3) is 3.29. The lowest BCUT2D eigenvalue weighted by Crippen LogP contribution is -2.34. The average molecular weight is 367 g/mol. The number of benzene rings is 1. The van der Waals surface area contributed by atoms with E-state index in [4.69, 9.17) is 4.74 Å². The largest absolute Gasteiger partial charge is 0.496 e. The summed E-state index contributed by atoms with van der Waals surface area (Å²) in [6.07, 6.45) is 2.69. The Morgan fingerprint density at radius 2 is 2.04 bits per heavy atom. The predicted molar refractivity (Wildman–Crippen MR) is 97.6 cm³/mol. The number of nitrogens with zero attached hydrogens (tertiary/aromatic N) is 1. The van der Waals surface area contributed by atoms with Gasteiger partial charge in [0, 0.05) is 11.6 Å². The van der Waals surface area contributed by atoms with Crippen molar-refractivity contribution in [2.45, 2.75) is 29.5 Å². The van der Waals surface area contributed by atoms with Gasteiger partial charge >= 0.3 is 0 Å². The molecule has 0 amide bonds. The first-order valence-electron chi connectivity index (χ1n) is 7.84. The van der Waals surface area contributed by atoms with Crippen LogP contribution < -0.4 is 9.46 Å². The first kappa shape index (κ1) is 17.3. The quantitative estimate of drug-likeness (QED) is 0.884. The summed E-state index contributed by atoms with van der Waals surface area (Å²) in [4.78, 5) is 2.21. The Morgan fingerprint density at radius 3 is 2.67 bits per heavy atom.